The van der Waals surface area contributed by atoms with Gasteiger partial charge >= 0.3 is 5.97 Å². The number of rotatable bonds is 14. The largest absolute Gasteiger partial charge is 0.506 e. The number of nitrogens with one attached hydrogen (secondary N) is 3. The molecule has 2 fully saturated rings. The monoisotopic (exact) mass is 717 g/mol. The van der Waals surface area contributed by atoms with Crippen LogP contribution in [0.3, 0.4) is 0 Å². The Kier molecular flexibility index (Phi) is 12.5. The Labute approximate surface area is 304 Å². The van der Waals surface area contributed by atoms with Crippen molar-refractivity contribution in [2.45, 2.75) is 134 Å². The summed E-state index contributed by atoms with van der Waals surface area (Å²) in [6.45, 7) is 12.6. The van der Waals surface area contributed by atoms with Gasteiger partial charge in [0.05, 0.1) is 17.0 Å². The number of carboxylic acid groups (broad SMARTS) is 1. The average Bonchev–Trinajstić information content (AvgIpc) is 3.09. The summed E-state index contributed by atoms with van der Waals surface area (Å²) in [5.74, 6) is -0.0730. The molecule has 0 bridgehead atoms. The number of phenols is 1. The van der Waals surface area contributed by atoms with Crippen LogP contribution < -0.4 is 16.2 Å². The maximum Gasteiger partial charge on any atom is 0.314 e. The molecule has 1 heterocycles. The summed E-state index contributed by atoms with van der Waals surface area (Å²) in [6.07, 6.45) is 10.1. The van der Waals surface area contributed by atoms with Crippen molar-refractivity contribution in [3.05, 3.63) is 75.6 Å². The first-order valence-electron chi connectivity index (χ1n) is 19.0. The molecule has 2 aliphatic carbocycles. The molecule has 278 valence electrons. The second-order valence-electron chi connectivity index (χ2n) is 16.6. The highest BCUT2D eigenvalue weighted by molar-refractivity contribution is 6.74. The molecule has 0 unspecified atom stereocenters. The van der Waals surface area contributed by atoms with E-state index in [-0.39, 0.29) is 34.4 Å². The van der Waals surface area contributed by atoms with Gasteiger partial charge in [0.2, 0.25) is 11.5 Å². The van der Waals surface area contributed by atoms with Crippen LogP contribution in [0, 0.1) is 5.92 Å². The molecule has 1 amide bonds. The minimum atomic E-state index is -2.16. The number of hydrogen-bond acceptors (Lipinski definition) is 6. The molecule has 0 saturated heterocycles. The zero-order chi connectivity index (χ0) is 36.8. The van der Waals surface area contributed by atoms with E-state index in [1.165, 1.54) is 6.07 Å². The molecule has 0 aliphatic heterocycles. The summed E-state index contributed by atoms with van der Waals surface area (Å²) in [7, 11) is -2.16. The Morgan fingerprint density at radius 3 is 2.43 bits per heavy atom. The molecule has 9 nitrogen and oxygen atoms in total. The highest BCUT2D eigenvalue weighted by Crippen LogP contribution is 2.42. The molecule has 2 aliphatic rings. The van der Waals surface area contributed by atoms with E-state index >= 15 is 0 Å². The van der Waals surface area contributed by atoms with Crippen LogP contribution in [0.15, 0.2) is 53.3 Å². The molecule has 1 aromatic heterocycles. The Bertz CT molecular complexity index is 1720. The summed E-state index contributed by atoms with van der Waals surface area (Å²) in [4.78, 5) is 40.0. The number of benzene rings is 2. The zero-order valence-corrected chi connectivity index (χ0v) is 32.3. The van der Waals surface area contributed by atoms with E-state index in [4.69, 9.17) is 4.43 Å². The van der Waals surface area contributed by atoms with Crippen LogP contribution in [0.25, 0.3) is 10.9 Å². The number of pyridine rings is 1. The first-order valence-corrected chi connectivity index (χ1v) is 21.9. The lowest BCUT2D eigenvalue weighted by Crippen LogP contribution is -2.44. The van der Waals surface area contributed by atoms with Gasteiger partial charge < -0.3 is 30.3 Å². The van der Waals surface area contributed by atoms with Crippen molar-refractivity contribution in [3.63, 3.8) is 0 Å². The Balaban J connectivity index is 1.09. The molecular weight excluding hydrogens is 659 g/mol. The van der Waals surface area contributed by atoms with E-state index in [2.05, 4.69) is 55.5 Å². The average molecular weight is 718 g/mol. The molecule has 0 spiro atoms. The SMILES string of the molecule is CC(C)(C)[Si](C)(C)O[C@@H](CNCC1CCC(NC(=O)CCCc2cccc(C3(C(=O)O)CCCCC3)c2)CC1)c1ccc(O)c2[nH]c(=O)ccc12. The second kappa shape index (κ2) is 16.5. The fraction of sp³-hybridized carbons (Fsp3) is 0.585. The highest BCUT2D eigenvalue weighted by Gasteiger charge is 2.42. The number of aromatic amines is 1. The van der Waals surface area contributed by atoms with E-state index < -0.39 is 19.7 Å². The molecule has 51 heavy (non-hydrogen) atoms. The van der Waals surface area contributed by atoms with E-state index in [0.29, 0.717) is 37.2 Å². The number of H-pyrrole nitrogens is 1. The number of aromatic nitrogens is 1. The van der Waals surface area contributed by atoms with Crippen molar-refractivity contribution in [2.24, 2.45) is 5.92 Å². The number of phenolic OH excluding ortho intramolecular Hbond substituents is 1. The minimum Gasteiger partial charge on any atom is -0.506 e. The van der Waals surface area contributed by atoms with Crippen LogP contribution in [-0.4, -0.2) is 54.5 Å². The smallest absolute Gasteiger partial charge is 0.314 e. The number of aryl methyl sites for hydroxylation is 1. The third-order valence-corrected chi connectivity index (χ3v) is 16.4. The lowest BCUT2D eigenvalue weighted by molar-refractivity contribution is -0.145. The van der Waals surface area contributed by atoms with Gasteiger partial charge in [0.1, 0.15) is 5.75 Å². The van der Waals surface area contributed by atoms with Crippen LogP contribution in [0.1, 0.15) is 114 Å². The topological polar surface area (TPSA) is 141 Å². The Morgan fingerprint density at radius 2 is 1.75 bits per heavy atom. The zero-order valence-electron chi connectivity index (χ0n) is 31.3. The molecule has 0 radical (unpaired) electrons. The van der Waals surface area contributed by atoms with Gasteiger partial charge in [0.25, 0.3) is 0 Å². The molecule has 5 N–H and O–H groups in total. The normalized spacial score (nSPS) is 20.2. The fourth-order valence-corrected chi connectivity index (χ4v) is 9.05. The van der Waals surface area contributed by atoms with Crippen LogP contribution in [0.4, 0.5) is 0 Å². The number of carbonyl (C=O) groups is 2. The van der Waals surface area contributed by atoms with E-state index in [1.807, 2.05) is 24.3 Å². The summed E-state index contributed by atoms with van der Waals surface area (Å²) in [6, 6.07) is 15.0. The van der Waals surface area contributed by atoms with Crippen LogP contribution in [0.5, 0.6) is 5.75 Å². The van der Waals surface area contributed by atoms with Gasteiger partial charge in [-0.3, -0.25) is 14.4 Å². The van der Waals surface area contributed by atoms with Gasteiger partial charge in [-0.15, -0.1) is 0 Å². The fourth-order valence-electron chi connectivity index (χ4n) is 7.78. The van der Waals surface area contributed by atoms with Gasteiger partial charge in [-0.25, -0.2) is 0 Å². The number of carbonyl (C=O) groups excluding carboxylic acids is 1. The predicted octanol–water partition coefficient (Wildman–Crippen LogP) is 7.87. The maximum absolute atomic E-state index is 12.9. The first kappa shape index (κ1) is 38.8. The second-order valence-corrected chi connectivity index (χ2v) is 21.4. The van der Waals surface area contributed by atoms with Crippen LogP contribution >= 0.6 is 0 Å². The third kappa shape index (κ3) is 9.50. The lowest BCUT2D eigenvalue weighted by atomic mass is 9.69. The van der Waals surface area contributed by atoms with Gasteiger partial charge in [-0.05, 0) is 111 Å². The molecule has 5 rings (SSSR count). The summed E-state index contributed by atoms with van der Waals surface area (Å²) in [5.41, 5.74) is 2.36. The predicted molar refractivity (Wildman–Crippen MR) is 206 cm³/mol. The van der Waals surface area contributed by atoms with E-state index in [9.17, 15) is 24.6 Å². The minimum absolute atomic E-state index is 0.0140. The standard InChI is InChI=1S/C41H59N3O6Si/c1-40(2,3)51(4,5)50-35(32-19-21-34(45)38-33(32)20-22-37(47)44-38)27-42-26-29-15-17-31(18-16-29)43-36(46)14-10-12-28-11-9-13-30(25-28)41(39(48)49)23-7-6-8-24-41/h9,11,13,19-22,25,29,31,35,42,45H,6-8,10,12,14-18,23-24,26-27H2,1-5H3,(H,43,46)(H,44,47)(H,48,49)/t29?,31?,35-/m0/s1. The van der Waals surface area contributed by atoms with Crippen molar-refractivity contribution < 1.29 is 24.2 Å². The van der Waals surface area contributed by atoms with Crippen LogP contribution in [-0.2, 0) is 25.9 Å². The number of aliphatic carboxylic acids is 1. The highest BCUT2D eigenvalue weighted by atomic mass is 28.4. The summed E-state index contributed by atoms with van der Waals surface area (Å²) >= 11 is 0. The van der Waals surface area contributed by atoms with Crippen molar-refractivity contribution in [1.29, 1.82) is 0 Å². The van der Waals surface area contributed by atoms with Gasteiger partial charge in [0.15, 0.2) is 8.32 Å². The first-order chi connectivity index (χ1) is 24.2. The lowest BCUT2D eigenvalue weighted by Gasteiger charge is -2.40. The summed E-state index contributed by atoms with van der Waals surface area (Å²) in [5, 5.41) is 28.3. The van der Waals surface area contributed by atoms with Crippen molar-refractivity contribution in [3.8, 4) is 5.75 Å². The third-order valence-electron chi connectivity index (χ3n) is 11.9. The van der Waals surface area contributed by atoms with Gasteiger partial charge in [-0.1, -0.05) is 70.4 Å². The van der Waals surface area contributed by atoms with Crippen molar-refractivity contribution in [2.75, 3.05) is 13.1 Å². The molecule has 10 heteroatoms. The quantitative estimate of drug-likeness (QED) is 0.107. The number of amides is 1. The van der Waals surface area contributed by atoms with E-state index in [1.54, 1.807) is 12.1 Å². The molecule has 1 atom stereocenters. The van der Waals surface area contributed by atoms with Crippen molar-refractivity contribution >= 4 is 31.1 Å². The maximum atomic E-state index is 12.9. The van der Waals surface area contributed by atoms with E-state index in [0.717, 1.165) is 86.4 Å². The van der Waals surface area contributed by atoms with Gasteiger partial charge in [-0.2, -0.15) is 0 Å². The van der Waals surface area contributed by atoms with Crippen molar-refractivity contribution in [1.82, 2.24) is 15.6 Å². The molecule has 2 aromatic carbocycles. The number of fused-ring (bicyclic) bond motifs is 1. The molecular formula is C41H59N3O6Si. The Morgan fingerprint density at radius 1 is 1.02 bits per heavy atom. The number of carboxylic acids is 1. The van der Waals surface area contributed by atoms with Crippen LogP contribution in [0.2, 0.25) is 18.1 Å². The summed E-state index contributed by atoms with van der Waals surface area (Å²) < 4.78 is 6.96. The Hall–Kier alpha value is -3.47. The number of aromatic hydroxyl groups is 1. The number of hydrogen-bond donors (Lipinski definition) is 5. The molecule has 3 aromatic rings. The molecule has 2 saturated carbocycles. The van der Waals surface area contributed by atoms with Gasteiger partial charge in [0, 0.05) is 30.5 Å².